The zero-order valence-corrected chi connectivity index (χ0v) is 13.3. The number of aryl methyl sites for hydroxylation is 1. The van der Waals surface area contributed by atoms with Gasteiger partial charge in [-0.2, -0.15) is 5.43 Å². The minimum atomic E-state index is 0.356. The number of rotatable bonds is 4. The number of nitrogens with zero attached hydrogens (tertiary/aromatic N) is 1. The van der Waals surface area contributed by atoms with Crippen molar-refractivity contribution in [2.24, 2.45) is 5.92 Å². The van der Waals surface area contributed by atoms with E-state index in [1.54, 1.807) is 0 Å². The summed E-state index contributed by atoms with van der Waals surface area (Å²) in [7, 11) is 0. The Hall–Kier alpha value is -1.10. The molecule has 1 aromatic rings. The van der Waals surface area contributed by atoms with E-state index >= 15 is 0 Å². The summed E-state index contributed by atoms with van der Waals surface area (Å²) >= 11 is 0. The molecule has 4 nitrogen and oxygen atoms in total. The van der Waals surface area contributed by atoms with Gasteiger partial charge in [0.05, 0.1) is 6.54 Å². The minimum absolute atomic E-state index is 0.356. The van der Waals surface area contributed by atoms with Crippen molar-refractivity contribution in [3.63, 3.8) is 0 Å². The van der Waals surface area contributed by atoms with Gasteiger partial charge < -0.3 is 5.32 Å². The van der Waals surface area contributed by atoms with Crippen LogP contribution in [0.2, 0.25) is 0 Å². The van der Waals surface area contributed by atoms with Gasteiger partial charge in [-0.05, 0) is 38.3 Å². The van der Waals surface area contributed by atoms with Gasteiger partial charge >= 0.3 is 0 Å². The van der Waals surface area contributed by atoms with Gasteiger partial charge in [0.25, 0.3) is 0 Å². The van der Waals surface area contributed by atoms with E-state index in [4.69, 9.17) is 0 Å². The maximum absolute atomic E-state index is 3.72. The molecule has 1 aliphatic heterocycles. The van der Waals surface area contributed by atoms with Crippen molar-refractivity contribution in [1.82, 2.24) is 10.5 Å². The highest BCUT2D eigenvalue weighted by Gasteiger charge is 2.40. The summed E-state index contributed by atoms with van der Waals surface area (Å²) in [6.45, 7) is 5.47. The lowest BCUT2D eigenvalue weighted by Crippen LogP contribution is -3.05. The van der Waals surface area contributed by atoms with Crippen LogP contribution in [0, 0.1) is 12.8 Å². The normalized spacial score (nSPS) is 29.9. The van der Waals surface area contributed by atoms with E-state index in [2.05, 4.69) is 59.4 Å². The second-order valence-corrected chi connectivity index (χ2v) is 6.57. The van der Waals surface area contributed by atoms with Crippen LogP contribution in [0.5, 0.6) is 0 Å². The van der Waals surface area contributed by atoms with Gasteiger partial charge in [0.1, 0.15) is 12.2 Å². The number of nitrogens with one attached hydrogen (secondary N) is 2. The summed E-state index contributed by atoms with van der Waals surface area (Å²) in [6, 6.07) is 9.47. The highest BCUT2D eigenvalue weighted by atomic mass is 15.8. The largest absolute Gasteiger partial charge is 0.368 e. The van der Waals surface area contributed by atoms with Gasteiger partial charge in [-0.1, -0.05) is 36.2 Å². The third-order valence-electron chi connectivity index (χ3n) is 4.82. The predicted molar refractivity (Wildman–Crippen MR) is 86.4 cm³/mol. The zero-order valence-electron chi connectivity index (χ0n) is 13.3. The van der Waals surface area contributed by atoms with Crippen molar-refractivity contribution >= 4 is 5.69 Å². The SMILES string of the molecule is CCCN1NC(Nc2ccc(C)cc2)C2CCCCC2[NH2+]1. The van der Waals surface area contributed by atoms with Crippen LogP contribution in [-0.4, -0.2) is 23.9 Å². The lowest BCUT2D eigenvalue weighted by molar-refractivity contribution is -0.857. The lowest BCUT2D eigenvalue weighted by Gasteiger charge is -2.44. The van der Waals surface area contributed by atoms with Gasteiger partial charge in [-0.25, -0.2) is 5.43 Å². The molecule has 1 aliphatic carbocycles. The van der Waals surface area contributed by atoms with Gasteiger partial charge in [-0.3, -0.25) is 0 Å². The molecule has 1 aromatic carbocycles. The van der Waals surface area contributed by atoms with Crippen molar-refractivity contribution in [2.75, 3.05) is 11.9 Å². The summed E-state index contributed by atoms with van der Waals surface area (Å²) in [5.41, 5.74) is 8.66. The Morgan fingerprint density at radius 2 is 2.00 bits per heavy atom. The molecule has 0 radical (unpaired) electrons. The highest BCUT2D eigenvalue weighted by molar-refractivity contribution is 5.45. The first kappa shape index (κ1) is 14.8. The van der Waals surface area contributed by atoms with Crippen LogP contribution in [-0.2, 0) is 0 Å². The summed E-state index contributed by atoms with van der Waals surface area (Å²) < 4.78 is 0. The molecule has 4 heteroatoms. The van der Waals surface area contributed by atoms with E-state index < -0.39 is 0 Å². The van der Waals surface area contributed by atoms with Crippen LogP contribution in [0.25, 0.3) is 0 Å². The Kier molecular flexibility index (Phi) is 4.78. The van der Waals surface area contributed by atoms with Gasteiger partial charge in [0, 0.05) is 18.0 Å². The fraction of sp³-hybridized carbons (Fsp3) is 0.647. The average molecular weight is 289 g/mol. The molecule has 21 heavy (non-hydrogen) atoms. The molecular formula is C17H29N4+. The molecule has 2 fully saturated rings. The topological polar surface area (TPSA) is 43.9 Å². The number of hydrogen-bond acceptors (Lipinski definition) is 3. The molecule has 3 rings (SSSR count). The third-order valence-corrected chi connectivity index (χ3v) is 4.82. The zero-order chi connectivity index (χ0) is 14.7. The maximum Gasteiger partial charge on any atom is 0.111 e. The van der Waals surface area contributed by atoms with Crippen molar-refractivity contribution in [3.05, 3.63) is 29.8 Å². The fourth-order valence-electron chi connectivity index (χ4n) is 3.68. The first-order valence-corrected chi connectivity index (χ1v) is 8.47. The number of quaternary nitrogens is 1. The highest BCUT2D eigenvalue weighted by Crippen LogP contribution is 2.27. The molecule has 1 saturated carbocycles. The van der Waals surface area contributed by atoms with E-state index in [0.717, 1.165) is 12.6 Å². The molecule has 0 aromatic heterocycles. The van der Waals surface area contributed by atoms with Crippen molar-refractivity contribution in [3.8, 4) is 0 Å². The molecule has 0 amide bonds. The molecule has 2 aliphatic rings. The van der Waals surface area contributed by atoms with E-state index in [1.165, 1.54) is 43.4 Å². The van der Waals surface area contributed by atoms with Crippen LogP contribution >= 0.6 is 0 Å². The number of hydrazine groups is 1. The molecule has 1 heterocycles. The number of anilines is 1. The van der Waals surface area contributed by atoms with Crippen LogP contribution in [0.4, 0.5) is 5.69 Å². The smallest absolute Gasteiger partial charge is 0.111 e. The predicted octanol–water partition coefficient (Wildman–Crippen LogP) is 2.00. The quantitative estimate of drug-likeness (QED) is 0.743. The Bertz CT molecular complexity index is 445. The Morgan fingerprint density at radius 3 is 2.76 bits per heavy atom. The number of fused-ring (bicyclic) bond motifs is 1. The van der Waals surface area contributed by atoms with Crippen molar-refractivity contribution < 1.29 is 5.43 Å². The van der Waals surface area contributed by atoms with E-state index in [1.807, 2.05) is 0 Å². The number of nitrogens with two attached hydrogens (primary N) is 1. The summed E-state index contributed by atoms with van der Waals surface area (Å²) in [4.78, 5) is 0. The number of hydrogen-bond donors (Lipinski definition) is 3. The standard InChI is InChI=1S/C17H28N4/c1-3-12-21-19-16-7-5-4-6-15(16)17(20-21)18-14-10-8-13(2)9-11-14/h8-11,15-20H,3-7,12H2,1-2H3/p+1. The summed E-state index contributed by atoms with van der Waals surface area (Å²) in [5.74, 6) is 0.716. The van der Waals surface area contributed by atoms with Crippen LogP contribution < -0.4 is 16.2 Å². The van der Waals surface area contributed by atoms with Gasteiger partial charge in [0.15, 0.2) is 0 Å². The Labute approximate surface area is 128 Å². The molecule has 0 spiro atoms. The molecule has 3 atom stereocenters. The molecule has 3 unspecified atom stereocenters. The maximum atomic E-state index is 3.72. The molecule has 4 N–H and O–H groups in total. The minimum Gasteiger partial charge on any atom is -0.368 e. The first-order chi connectivity index (χ1) is 10.3. The lowest BCUT2D eigenvalue weighted by atomic mass is 9.82. The summed E-state index contributed by atoms with van der Waals surface area (Å²) in [5, 5.41) is 6.04. The van der Waals surface area contributed by atoms with Crippen LogP contribution in [0.3, 0.4) is 0 Å². The second kappa shape index (κ2) is 6.77. The fourth-order valence-corrected chi connectivity index (χ4v) is 3.68. The number of benzene rings is 1. The molecule has 116 valence electrons. The average Bonchev–Trinajstić information content (AvgIpc) is 2.50. The van der Waals surface area contributed by atoms with Crippen LogP contribution in [0.15, 0.2) is 24.3 Å². The molecule has 0 bridgehead atoms. The van der Waals surface area contributed by atoms with E-state index in [-0.39, 0.29) is 0 Å². The monoisotopic (exact) mass is 289 g/mol. The Morgan fingerprint density at radius 1 is 1.24 bits per heavy atom. The first-order valence-electron chi connectivity index (χ1n) is 8.47. The van der Waals surface area contributed by atoms with Crippen molar-refractivity contribution in [2.45, 2.75) is 58.2 Å². The molecular weight excluding hydrogens is 260 g/mol. The van der Waals surface area contributed by atoms with Gasteiger partial charge in [0.2, 0.25) is 0 Å². The summed E-state index contributed by atoms with van der Waals surface area (Å²) in [6.07, 6.45) is 6.97. The Balaban J connectivity index is 1.71. The van der Waals surface area contributed by atoms with E-state index in [9.17, 15) is 0 Å². The second-order valence-electron chi connectivity index (χ2n) is 6.57. The van der Waals surface area contributed by atoms with Gasteiger partial charge in [-0.15, -0.1) is 0 Å². The molecule has 1 saturated heterocycles. The van der Waals surface area contributed by atoms with E-state index in [0.29, 0.717) is 12.1 Å². The van der Waals surface area contributed by atoms with Crippen molar-refractivity contribution in [1.29, 1.82) is 0 Å². The third kappa shape index (κ3) is 3.57. The van der Waals surface area contributed by atoms with Crippen LogP contribution in [0.1, 0.15) is 44.6 Å².